The van der Waals surface area contributed by atoms with Gasteiger partial charge in [-0.05, 0) is 35.4 Å². The van der Waals surface area contributed by atoms with Gasteiger partial charge in [-0.25, -0.2) is 4.39 Å². The molecule has 1 aromatic carbocycles. The molecule has 0 bridgehead atoms. The summed E-state index contributed by atoms with van der Waals surface area (Å²) in [6, 6.07) is 6.57. The van der Waals surface area contributed by atoms with Crippen LogP contribution < -0.4 is 5.73 Å². The van der Waals surface area contributed by atoms with E-state index in [2.05, 4.69) is 20.9 Å². The summed E-state index contributed by atoms with van der Waals surface area (Å²) in [5.74, 6) is -0.230. The van der Waals surface area contributed by atoms with Crippen LogP contribution in [0.3, 0.4) is 0 Å². The summed E-state index contributed by atoms with van der Waals surface area (Å²) in [4.78, 5) is 3.98. The van der Waals surface area contributed by atoms with Crippen molar-refractivity contribution >= 4 is 21.6 Å². The number of hydrogen-bond donors (Lipinski definition) is 1. The molecule has 0 aliphatic carbocycles. The normalized spacial score (nSPS) is 10.4. The van der Waals surface area contributed by atoms with Crippen molar-refractivity contribution in [3.05, 3.63) is 58.1 Å². The Morgan fingerprint density at radius 2 is 2.06 bits per heavy atom. The molecule has 0 unspecified atom stereocenters. The molecule has 0 aliphatic rings. The van der Waals surface area contributed by atoms with Crippen molar-refractivity contribution in [1.82, 2.24) is 4.98 Å². The van der Waals surface area contributed by atoms with E-state index in [-0.39, 0.29) is 5.82 Å². The van der Waals surface area contributed by atoms with Crippen LogP contribution in [-0.2, 0) is 6.42 Å². The van der Waals surface area contributed by atoms with E-state index >= 15 is 0 Å². The molecule has 1 heterocycles. The molecule has 2 aromatic rings. The summed E-state index contributed by atoms with van der Waals surface area (Å²) in [6.45, 7) is 0. The lowest BCUT2D eigenvalue weighted by molar-refractivity contribution is 0.613. The van der Waals surface area contributed by atoms with Crippen LogP contribution in [0.25, 0.3) is 0 Å². The van der Waals surface area contributed by atoms with Gasteiger partial charge in [-0.3, -0.25) is 4.98 Å². The highest BCUT2D eigenvalue weighted by atomic mass is 79.9. The van der Waals surface area contributed by atoms with E-state index in [1.807, 2.05) is 0 Å². The van der Waals surface area contributed by atoms with Crippen LogP contribution in [0.2, 0.25) is 0 Å². The maximum Gasteiger partial charge on any atom is 0.126 e. The number of nitrogens with two attached hydrogens (primary N) is 1. The Balaban J connectivity index is 2.34. The zero-order valence-electron chi connectivity index (χ0n) is 8.45. The molecule has 0 amide bonds. The molecule has 2 N–H and O–H groups in total. The summed E-state index contributed by atoms with van der Waals surface area (Å²) < 4.78 is 14.4. The van der Waals surface area contributed by atoms with E-state index in [1.165, 1.54) is 6.07 Å². The van der Waals surface area contributed by atoms with Crippen molar-refractivity contribution in [3.63, 3.8) is 0 Å². The van der Waals surface area contributed by atoms with Gasteiger partial charge < -0.3 is 5.73 Å². The smallest absolute Gasteiger partial charge is 0.126 e. The highest BCUT2D eigenvalue weighted by Crippen LogP contribution is 2.20. The van der Waals surface area contributed by atoms with Gasteiger partial charge in [0.25, 0.3) is 0 Å². The molecule has 0 atom stereocenters. The Hall–Kier alpha value is -1.42. The number of pyridine rings is 1. The molecule has 0 aliphatic heterocycles. The van der Waals surface area contributed by atoms with Gasteiger partial charge in [-0.1, -0.05) is 15.9 Å². The molecule has 4 heteroatoms. The first-order chi connectivity index (χ1) is 7.66. The number of nitrogens with zero attached hydrogens (tertiary/aromatic N) is 1. The maximum atomic E-state index is 13.5. The van der Waals surface area contributed by atoms with Gasteiger partial charge in [-0.2, -0.15) is 0 Å². The Morgan fingerprint density at radius 3 is 2.81 bits per heavy atom. The van der Waals surface area contributed by atoms with Gasteiger partial charge in [0, 0.05) is 29.0 Å². The molecular weight excluding hydrogens is 271 g/mol. The summed E-state index contributed by atoms with van der Waals surface area (Å²) in [7, 11) is 0. The van der Waals surface area contributed by atoms with Crippen molar-refractivity contribution < 1.29 is 4.39 Å². The maximum absolute atomic E-state index is 13.5. The standard InChI is InChI=1S/C12H10BrFN2/c13-10-1-2-11(14)8(6-10)5-9-7-16-4-3-12(9)15/h1-4,6-7H,5H2,(H2,15,16). The molecule has 0 spiro atoms. The minimum absolute atomic E-state index is 0.230. The van der Waals surface area contributed by atoms with E-state index < -0.39 is 0 Å². The van der Waals surface area contributed by atoms with Gasteiger partial charge >= 0.3 is 0 Å². The number of anilines is 1. The molecule has 0 saturated heterocycles. The predicted octanol–water partition coefficient (Wildman–Crippen LogP) is 3.16. The third-order valence-corrected chi connectivity index (χ3v) is 2.82. The zero-order valence-corrected chi connectivity index (χ0v) is 10.0. The summed E-state index contributed by atoms with van der Waals surface area (Å²) in [5, 5.41) is 0. The Kier molecular flexibility index (Phi) is 3.19. The Bertz CT molecular complexity index is 514. The van der Waals surface area contributed by atoms with Crippen molar-refractivity contribution in [2.45, 2.75) is 6.42 Å². The van der Waals surface area contributed by atoms with Crippen molar-refractivity contribution in [3.8, 4) is 0 Å². The highest BCUT2D eigenvalue weighted by molar-refractivity contribution is 9.10. The predicted molar refractivity (Wildman–Crippen MR) is 65.6 cm³/mol. The third kappa shape index (κ3) is 2.39. The molecule has 0 saturated carbocycles. The Morgan fingerprint density at radius 1 is 1.25 bits per heavy atom. The lowest BCUT2D eigenvalue weighted by Gasteiger charge is -2.06. The second kappa shape index (κ2) is 4.61. The van der Waals surface area contributed by atoms with Crippen LogP contribution in [0.15, 0.2) is 41.1 Å². The molecule has 0 fully saturated rings. The molecule has 0 radical (unpaired) electrons. The monoisotopic (exact) mass is 280 g/mol. The van der Waals surface area contributed by atoms with Crippen molar-refractivity contribution in [1.29, 1.82) is 0 Å². The van der Waals surface area contributed by atoms with Crippen LogP contribution >= 0.6 is 15.9 Å². The number of hydrogen-bond acceptors (Lipinski definition) is 2. The molecule has 82 valence electrons. The second-order valence-electron chi connectivity index (χ2n) is 3.49. The molecule has 2 nitrogen and oxygen atoms in total. The number of aromatic nitrogens is 1. The van der Waals surface area contributed by atoms with E-state index in [0.717, 1.165) is 10.0 Å². The average molecular weight is 281 g/mol. The second-order valence-corrected chi connectivity index (χ2v) is 4.40. The fourth-order valence-corrected chi connectivity index (χ4v) is 1.88. The van der Waals surface area contributed by atoms with E-state index in [0.29, 0.717) is 17.7 Å². The van der Waals surface area contributed by atoms with Gasteiger partial charge in [-0.15, -0.1) is 0 Å². The first-order valence-corrected chi connectivity index (χ1v) is 5.58. The van der Waals surface area contributed by atoms with Gasteiger partial charge in [0.15, 0.2) is 0 Å². The van der Waals surface area contributed by atoms with E-state index in [4.69, 9.17) is 5.73 Å². The number of benzene rings is 1. The molecule has 16 heavy (non-hydrogen) atoms. The van der Waals surface area contributed by atoms with Crippen molar-refractivity contribution in [2.24, 2.45) is 0 Å². The average Bonchev–Trinajstić information content (AvgIpc) is 2.27. The first kappa shape index (κ1) is 11.1. The summed E-state index contributed by atoms with van der Waals surface area (Å²) >= 11 is 3.31. The van der Waals surface area contributed by atoms with Crippen LogP contribution in [0.5, 0.6) is 0 Å². The third-order valence-electron chi connectivity index (χ3n) is 2.33. The minimum atomic E-state index is -0.230. The summed E-state index contributed by atoms with van der Waals surface area (Å²) in [6.07, 6.45) is 3.73. The quantitative estimate of drug-likeness (QED) is 0.918. The highest BCUT2D eigenvalue weighted by Gasteiger charge is 2.06. The van der Waals surface area contributed by atoms with Crippen LogP contribution in [0.4, 0.5) is 10.1 Å². The Labute approximate surface area is 101 Å². The summed E-state index contributed by atoms with van der Waals surface area (Å²) in [5.41, 5.74) is 7.85. The van der Waals surface area contributed by atoms with Gasteiger partial charge in [0.05, 0.1) is 0 Å². The van der Waals surface area contributed by atoms with Gasteiger partial charge in [0.2, 0.25) is 0 Å². The van der Waals surface area contributed by atoms with Crippen molar-refractivity contribution in [2.75, 3.05) is 5.73 Å². The van der Waals surface area contributed by atoms with Crippen LogP contribution in [-0.4, -0.2) is 4.98 Å². The first-order valence-electron chi connectivity index (χ1n) is 4.79. The lowest BCUT2D eigenvalue weighted by Crippen LogP contribution is -1.98. The molecule has 1 aromatic heterocycles. The zero-order chi connectivity index (χ0) is 11.5. The van der Waals surface area contributed by atoms with Gasteiger partial charge in [0.1, 0.15) is 5.82 Å². The SMILES string of the molecule is Nc1ccncc1Cc1cc(Br)ccc1F. The fourth-order valence-electron chi connectivity index (χ4n) is 1.47. The van der Waals surface area contributed by atoms with Crippen LogP contribution in [0.1, 0.15) is 11.1 Å². The number of nitrogen functional groups attached to an aromatic ring is 1. The number of rotatable bonds is 2. The molecular formula is C12H10BrFN2. The molecule has 2 rings (SSSR count). The number of halogens is 2. The van der Waals surface area contributed by atoms with Crippen LogP contribution in [0, 0.1) is 5.82 Å². The lowest BCUT2D eigenvalue weighted by atomic mass is 10.1. The largest absolute Gasteiger partial charge is 0.398 e. The van der Waals surface area contributed by atoms with E-state index in [1.54, 1.807) is 30.6 Å². The topological polar surface area (TPSA) is 38.9 Å². The minimum Gasteiger partial charge on any atom is -0.398 e. The fraction of sp³-hybridized carbons (Fsp3) is 0.0833. The van der Waals surface area contributed by atoms with E-state index in [9.17, 15) is 4.39 Å².